The standard InChI is InChI=1S/C10H11NO2/c1-13-10-5-3-2-4-8(10)9(12)6-7-11/h2-5,9,12H,6H2,1H3/t9-/m1/s1. The summed E-state index contributed by atoms with van der Waals surface area (Å²) in [7, 11) is 1.54. The highest BCUT2D eigenvalue weighted by molar-refractivity contribution is 5.35. The maximum absolute atomic E-state index is 9.53. The monoisotopic (exact) mass is 177 g/mol. The van der Waals surface area contributed by atoms with Crippen molar-refractivity contribution in [2.45, 2.75) is 12.5 Å². The Hall–Kier alpha value is -1.53. The van der Waals surface area contributed by atoms with Crippen LogP contribution < -0.4 is 4.74 Å². The van der Waals surface area contributed by atoms with Gasteiger partial charge in [0.15, 0.2) is 0 Å². The zero-order chi connectivity index (χ0) is 9.68. The molecule has 0 unspecified atom stereocenters. The normalized spacial score (nSPS) is 11.8. The van der Waals surface area contributed by atoms with Gasteiger partial charge >= 0.3 is 0 Å². The average Bonchev–Trinajstić information content (AvgIpc) is 2.18. The summed E-state index contributed by atoms with van der Waals surface area (Å²) < 4.78 is 5.04. The number of hydrogen-bond donors (Lipinski definition) is 1. The second-order valence-corrected chi connectivity index (χ2v) is 2.62. The molecule has 3 nitrogen and oxygen atoms in total. The van der Waals surface area contributed by atoms with Gasteiger partial charge in [0.1, 0.15) is 5.75 Å². The lowest BCUT2D eigenvalue weighted by atomic mass is 10.1. The number of hydrogen-bond acceptors (Lipinski definition) is 3. The molecule has 3 heteroatoms. The van der Waals surface area contributed by atoms with Crippen molar-refractivity contribution in [3.8, 4) is 11.8 Å². The van der Waals surface area contributed by atoms with E-state index in [1.165, 1.54) is 7.11 Å². The average molecular weight is 177 g/mol. The fraction of sp³-hybridized carbons (Fsp3) is 0.300. The zero-order valence-electron chi connectivity index (χ0n) is 7.40. The molecule has 0 heterocycles. The Morgan fingerprint density at radius 3 is 2.85 bits per heavy atom. The lowest BCUT2D eigenvalue weighted by molar-refractivity contribution is 0.179. The number of nitriles is 1. The molecule has 0 radical (unpaired) electrons. The molecule has 1 N–H and O–H groups in total. The topological polar surface area (TPSA) is 53.2 Å². The van der Waals surface area contributed by atoms with Crippen molar-refractivity contribution in [2.24, 2.45) is 0 Å². The van der Waals surface area contributed by atoms with Gasteiger partial charge in [-0.3, -0.25) is 0 Å². The summed E-state index contributed by atoms with van der Waals surface area (Å²) in [5.41, 5.74) is 0.659. The first-order valence-corrected chi connectivity index (χ1v) is 3.97. The molecule has 13 heavy (non-hydrogen) atoms. The summed E-state index contributed by atoms with van der Waals surface area (Å²) in [6.07, 6.45) is -0.679. The summed E-state index contributed by atoms with van der Waals surface area (Å²) in [6.45, 7) is 0. The van der Waals surface area contributed by atoms with Crippen molar-refractivity contribution < 1.29 is 9.84 Å². The SMILES string of the molecule is COc1ccccc1[C@H](O)CC#N. The van der Waals surface area contributed by atoms with Gasteiger partial charge in [-0.1, -0.05) is 18.2 Å². The van der Waals surface area contributed by atoms with Crippen LogP contribution in [0.1, 0.15) is 18.1 Å². The lowest BCUT2D eigenvalue weighted by Crippen LogP contribution is -1.99. The van der Waals surface area contributed by atoms with E-state index < -0.39 is 6.10 Å². The number of methoxy groups -OCH3 is 1. The van der Waals surface area contributed by atoms with E-state index >= 15 is 0 Å². The molecular weight excluding hydrogens is 166 g/mol. The molecule has 0 saturated carbocycles. The number of para-hydroxylation sites is 1. The van der Waals surface area contributed by atoms with E-state index in [1.54, 1.807) is 18.2 Å². The Balaban J connectivity index is 2.93. The lowest BCUT2D eigenvalue weighted by Gasteiger charge is -2.11. The van der Waals surface area contributed by atoms with E-state index in [1.807, 2.05) is 12.1 Å². The second-order valence-electron chi connectivity index (χ2n) is 2.62. The maximum atomic E-state index is 9.53. The third-order valence-electron chi connectivity index (χ3n) is 1.78. The molecular formula is C10H11NO2. The molecule has 1 rings (SSSR count). The summed E-state index contributed by atoms with van der Waals surface area (Å²) >= 11 is 0. The number of ether oxygens (including phenoxy) is 1. The van der Waals surface area contributed by atoms with Crippen LogP contribution in [-0.2, 0) is 0 Å². The number of aliphatic hydroxyl groups excluding tert-OH is 1. The van der Waals surface area contributed by atoms with E-state index in [9.17, 15) is 5.11 Å². The minimum Gasteiger partial charge on any atom is -0.496 e. The molecule has 0 fully saturated rings. The third-order valence-corrected chi connectivity index (χ3v) is 1.78. The maximum Gasteiger partial charge on any atom is 0.124 e. The molecule has 1 atom stereocenters. The van der Waals surface area contributed by atoms with Crippen molar-refractivity contribution >= 4 is 0 Å². The molecule has 0 aliphatic heterocycles. The third kappa shape index (κ3) is 2.20. The fourth-order valence-electron chi connectivity index (χ4n) is 1.14. The summed E-state index contributed by atoms with van der Waals surface area (Å²) in [6, 6.07) is 9.05. The van der Waals surface area contributed by atoms with E-state index in [0.29, 0.717) is 11.3 Å². The molecule has 1 aromatic carbocycles. The number of benzene rings is 1. The van der Waals surface area contributed by atoms with Crippen LogP contribution in [0.2, 0.25) is 0 Å². The van der Waals surface area contributed by atoms with Gasteiger partial charge in [0.05, 0.1) is 25.7 Å². The van der Waals surface area contributed by atoms with Crippen LogP contribution in [0.3, 0.4) is 0 Å². The number of rotatable bonds is 3. The van der Waals surface area contributed by atoms with Crippen LogP contribution in [0.15, 0.2) is 24.3 Å². The van der Waals surface area contributed by atoms with Gasteiger partial charge < -0.3 is 9.84 Å². The van der Waals surface area contributed by atoms with Gasteiger partial charge in [-0.05, 0) is 6.07 Å². The molecule has 0 amide bonds. The minimum atomic E-state index is -0.763. The predicted octanol–water partition coefficient (Wildman–Crippen LogP) is 1.64. The van der Waals surface area contributed by atoms with Crippen LogP contribution in [-0.4, -0.2) is 12.2 Å². The van der Waals surface area contributed by atoms with Crippen LogP contribution in [0.25, 0.3) is 0 Å². The Morgan fingerprint density at radius 1 is 1.54 bits per heavy atom. The first kappa shape index (κ1) is 9.56. The molecule has 0 saturated heterocycles. The van der Waals surface area contributed by atoms with Gasteiger partial charge in [-0.15, -0.1) is 0 Å². The zero-order valence-corrected chi connectivity index (χ0v) is 7.40. The quantitative estimate of drug-likeness (QED) is 0.763. The van der Waals surface area contributed by atoms with E-state index in [0.717, 1.165) is 0 Å². The van der Waals surface area contributed by atoms with Crippen molar-refractivity contribution in [1.82, 2.24) is 0 Å². The molecule has 68 valence electrons. The van der Waals surface area contributed by atoms with Crippen molar-refractivity contribution in [2.75, 3.05) is 7.11 Å². The molecule has 1 aromatic rings. The van der Waals surface area contributed by atoms with E-state index in [4.69, 9.17) is 10.00 Å². The smallest absolute Gasteiger partial charge is 0.124 e. The Bertz CT molecular complexity index is 317. The van der Waals surface area contributed by atoms with Gasteiger partial charge in [-0.25, -0.2) is 0 Å². The largest absolute Gasteiger partial charge is 0.496 e. The predicted molar refractivity (Wildman–Crippen MR) is 48.2 cm³/mol. The molecule has 0 bridgehead atoms. The molecule has 0 spiro atoms. The molecule has 0 aromatic heterocycles. The van der Waals surface area contributed by atoms with Gasteiger partial charge in [0.2, 0.25) is 0 Å². The van der Waals surface area contributed by atoms with Gasteiger partial charge in [-0.2, -0.15) is 5.26 Å². The van der Waals surface area contributed by atoms with Crippen LogP contribution in [0.5, 0.6) is 5.75 Å². The van der Waals surface area contributed by atoms with Crippen molar-refractivity contribution in [3.05, 3.63) is 29.8 Å². The Labute approximate surface area is 77.2 Å². The Kier molecular flexibility index (Phi) is 3.30. The fourth-order valence-corrected chi connectivity index (χ4v) is 1.14. The Morgan fingerprint density at radius 2 is 2.23 bits per heavy atom. The molecule has 0 aliphatic carbocycles. The van der Waals surface area contributed by atoms with E-state index in [-0.39, 0.29) is 6.42 Å². The van der Waals surface area contributed by atoms with Gasteiger partial charge in [0.25, 0.3) is 0 Å². The van der Waals surface area contributed by atoms with Gasteiger partial charge in [0, 0.05) is 5.56 Å². The highest BCUT2D eigenvalue weighted by atomic mass is 16.5. The first-order chi connectivity index (χ1) is 6.29. The second kappa shape index (κ2) is 4.48. The molecule has 0 aliphatic rings. The summed E-state index contributed by atoms with van der Waals surface area (Å²) in [4.78, 5) is 0. The highest BCUT2D eigenvalue weighted by Gasteiger charge is 2.11. The summed E-state index contributed by atoms with van der Waals surface area (Å²) in [5.74, 6) is 0.616. The number of aliphatic hydroxyl groups is 1. The van der Waals surface area contributed by atoms with E-state index in [2.05, 4.69) is 0 Å². The highest BCUT2D eigenvalue weighted by Crippen LogP contribution is 2.26. The summed E-state index contributed by atoms with van der Waals surface area (Å²) in [5, 5.41) is 17.9. The van der Waals surface area contributed by atoms with Crippen LogP contribution >= 0.6 is 0 Å². The van der Waals surface area contributed by atoms with Crippen molar-refractivity contribution in [3.63, 3.8) is 0 Å². The first-order valence-electron chi connectivity index (χ1n) is 3.97. The number of nitrogens with zero attached hydrogens (tertiary/aromatic N) is 1. The minimum absolute atomic E-state index is 0.0837. The van der Waals surface area contributed by atoms with Crippen LogP contribution in [0, 0.1) is 11.3 Å². The van der Waals surface area contributed by atoms with Crippen LogP contribution in [0.4, 0.5) is 0 Å². The van der Waals surface area contributed by atoms with Crippen molar-refractivity contribution in [1.29, 1.82) is 5.26 Å².